The molecule has 5 heteroatoms. The molecule has 130 valence electrons. The molecule has 1 aromatic carbocycles. The van der Waals surface area contributed by atoms with E-state index in [1.54, 1.807) is 11.8 Å². The molecular weight excluding hydrogens is 352 g/mol. The summed E-state index contributed by atoms with van der Waals surface area (Å²) in [6, 6.07) is 12.2. The predicted molar refractivity (Wildman–Crippen MR) is 108 cm³/mol. The molecule has 1 N–H and O–H groups in total. The average molecular weight is 373 g/mol. The van der Waals surface area contributed by atoms with Crippen LogP contribution in [0, 0.1) is 0 Å². The first-order chi connectivity index (χ1) is 12.2. The maximum Gasteiger partial charge on any atom is 0.194 e. The maximum absolute atomic E-state index is 5.94. The van der Waals surface area contributed by atoms with Gasteiger partial charge in [-0.05, 0) is 66.0 Å². The molecule has 3 nitrogen and oxygen atoms in total. The fourth-order valence-electron chi connectivity index (χ4n) is 2.62. The van der Waals surface area contributed by atoms with Gasteiger partial charge in [0.25, 0.3) is 0 Å². The number of halogens is 1. The highest BCUT2D eigenvalue weighted by Gasteiger charge is 2.06. The van der Waals surface area contributed by atoms with Gasteiger partial charge in [-0.1, -0.05) is 19.1 Å². The zero-order valence-corrected chi connectivity index (χ0v) is 16.0. The van der Waals surface area contributed by atoms with Gasteiger partial charge < -0.3 is 9.73 Å². The van der Waals surface area contributed by atoms with Gasteiger partial charge in [0.2, 0.25) is 0 Å². The standard InChI is InChI=1S/C20H21ClN2OS/c1-3-15(16-5-6-18-17(11-16)12-19(21)24-18)10-14-4-7-20(23-13-14)25-9-8-22-2/h4-7,10-13,22H,3,8-9H2,1-2H3. The van der Waals surface area contributed by atoms with Crippen LogP contribution in [0.5, 0.6) is 0 Å². The molecule has 0 saturated heterocycles. The van der Waals surface area contributed by atoms with Crippen LogP contribution in [0.4, 0.5) is 0 Å². The van der Waals surface area contributed by atoms with E-state index in [2.05, 4.69) is 47.6 Å². The van der Waals surface area contributed by atoms with E-state index in [0.29, 0.717) is 5.22 Å². The molecular formula is C20H21ClN2OS. The monoisotopic (exact) mass is 372 g/mol. The minimum Gasteiger partial charge on any atom is -0.445 e. The maximum atomic E-state index is 5.94. The summed E-state index contributed by atoms with van der Waals surface area (Å²) in [7, 11) is 1.96. The summed E-state index contributed by atoms with van der Waals surface area (Å²) in [6.07, 6.45) is 5.07. The Kier molecular flexibility index (Phi) is 6.19. The first kappa shape index (κ1) is 18.1. The van der Waals surface area contributed by atoms with E-state index < -0.39 is 0 Å². The molecule has 0 atom stereocenters. The third-order valence-electron chi connectivity index (χ3n) is 3.94. The Morgan fingerprint density at radius 3 is 2.88 bits per heavy atom. The van der Waals surface area contributed by atoms with E-state index in [9.17, 15) is 0 Å². The second-order valence-electron chi connectivity index (χ2n) is 5.71. The van der Waals surface area contributed by atoms with E-state index in [1.807, 2.05) is 25.4 Å². The number of furan rings is 1. The van der Waals surface area contributed by atoms with Gasteiger partial charge in [0.05, 0.1) is 5.03 Å². The van der Waals surface area contributed by atoms with Crippen molar-refractivity contribution in [2.75, 3.05) is 19.3 Å². The van der Waals surface area contributed by atoms with Gasteiger partial charge in [-0.2, -0.15) is 0 Å². The van der Waals surface area contributed by atoms with Gasteiger partial charge in [-0.25, -0.2) is 4.98 Å². The van der Waals surface area contributed by atoms with Gasteiger partial charge in [-0.15, -0.1) is 11.8 Å². The highest BCUT2D eigenvalue weighted by molar-refractivity contribution is 7.99. The fourth-order valence-corrected chi connectivity index (χ4v) is 3.63. The lowest BCUT2D eigenvalue weighted by Crippen LogP contribution is -2.09. The van der Waals surface area contributed by atoms with Crippen LogP contribution in [0.1, 0.15) is 24.5 Å². The third kappa shape index (κ3) is 4.66. The van der Waals surface area contributed by atoms with Gasteiger partial charge in [0.1, 0.15) is 5.58 Å². The molecule has 2 heterocycles. The van der Waals surface area contributed by atoms with E-state index in [4.69, 9.17) is 16.0 Å². The van der Waals surface area contributed by atoms with Crippen LogP contribution >= 0.6 is 23.4 Å². The lowest BCUT2D eigenvalue weighted by Gasteiger charge is -2.06. The molecule has 0 spiro atoms. The molecule has 0 aliphatic rings. The van der Waals surface area contributed by atoms with Crippen LogP contribution in [-0.2, 0) is 0 Å². The molecule has 2 aromatic heterocycles. The van der Waals surface area contributed by atoms with E-state index >= 15 is 0 Å². The Labute approximate surface area is 157 Å². The Morgan fingerprint density at radius 2 is 2.16 bits per heavy atom. The zero-order valence-electron chi connectivity index (χ0n) is 14.4. The molecule has 0 amide bonds. The van der Waals surface area contributed by atoms with Crippen molar-refractivity contribution in [2.24, 2.45) is 0 Å². The molecule has 0 unspecified atom stereocenters. The van der Waals surface area contributed by atoms with Crippen molar-refractivity contribution < 1.29 is 4.42 Å². The van der Waals surface area contributed by atoms with Crippen LogP contribution in [-0.4, -0.2) is 24.3 Å². The number of pyridine rings is 1. The molecule has 3 aromatic rings. The normalized spacial score (nSPS) is 12.0. The van der Waals surface area contributed by atoms with Crippen LogP contribution in [0.15, 0.2) is 52.0 Å². The Bertz CT molecular complexity index is 871. The Hall–Kier alpha value is -1.75. The second-order valence-corrected chi connectivity index (χ2v) is 7.20. The van der Waals surface area contributed by atoms with Crippen LogP contribution < -0.4 is 5.32 Å². The van der Waals surface area contributed by atoms with Crippen LogP contribution in [0.2, 0.25) is 5.22 Å². The number of allylic oxidation sites excluding steroid dienone is 1. The van der Waals surface area contributed by atoms with Gasteiger partial charge in [-0.3, -0.25) is 0 Å². The summed E-state index contributed by atoms with van der Waals surface area (Å²) >= 11 is 7.70. The van der Waals surface area contributed by atoms with Crippen molar-refractivity contribution in [1.29, 1.82) is 0 Å². The van der Waals surface area contributed by atoms with Crippen molar-refractivity contribution >= 4 is 46.0 Å². The van der Waals surface area contributed by atoms with Crippen molar-refractivity contribution in [3.05, 3.63) is 58.9 Å². The molecule has 0 aliphatic carbocycles. The minimum absolute atomic E-state index is 0.421. The Morgan fingerprint density at radius 1 is 1.28 bits per heavy atom. The number of benzene rings is 1. The summed E-state index contributed by atoms with van der Waals surface area (Å²) in [6.45, 7) is 3.14. The van der Waals surface area contributed by atoms with Crippen LogP contribution in [0.3, 0.4) is 0 Å². The molecule has 3 rings (SSSR count). The zero-order chi connectivity index (χ0) is 17.6. The summed E-state index contributed by atoms with van der Waals surface area (Å²) in [5.74, 6) is 1.02. The van der Waals surface area contributed by atoms with Crippen molar-refractivity contribution in [2.45, 2.75) is 18.4 Å². The predicted octanol–water partition coefficient (Wildman–Crippen LogP) is 5.74. The first-order valence-electron chi connectivity index (χ1n) is 8.33. The number of fused-ring (bicyclic) bond motifs is 1. The van der Waals surface area contributed by atoms with Gasteiger partial charge in [0.15, 0.2) is 5.22 Å². The summed E-state index contributed by atoms with van der Waals surface area (Å²) in [5, 5.41) is 5.64. The summed E-state index contributed by atoms with van der Waals surface area (Å²) in [5.41, 5.74) is 4.37. The van der Waals surface area contributed by atoms with Crippen molar-refractivity contribution in [1.82, 2.24) is 10.3 Å². The topological polar surface area (TPSA) is 38.1 Å². The molecule has 0 saturated carbocycles. The Balaban J connectivity index is 1.81. The second kappa shape index (κ2) is 8.56. The SMILES string of the molecule is CCC(=Cc1ccc(SCCNC)nc1)c1ccc2oc(Cl)cc2c1. The third-order valence-corrected chi connectivity index (χ3v) is 5.07. The summed E-state index contributed by atoms with van der Waals surface area (Å²) in [4.78, 5) is 4.54. The number of nitrogens with zero attached hydrogens (tertiary/aromatic N) is 1. The molecule has 25 heavy (non-hydrogen) atoms. The molecule has 0 fully saturated rings. The number of aromatic nitrogens is 1. The number of rotatable bonds is 7. The van der Waals surface area contributed by atoms with E-state index in [1.165, 1.54) is 11.1 Å². The van der Waals surface area contributed by atoms with Gasteiger partial charge in [0, 0.05) is 29.9 Å². The minimum atomic E-state index is 0.421. The summed E-state index contributed by atoms with van der Waals surface area (Å²) < 4.78 is 5.44. The molecule has 0 aliphatic heterocycles. The molecule has 0 radical (unpaired) electrons. The van der Waals surface area contributed by atoms with E-state index in [-0.39, 0.29) is 0 Å². The average Bonchev–Trinajstić information content (AvgIpc) is 3.00. The number of thioether (sulfide) groups is 1. The van der Waals surface area contributed by atoms with Gasteiger partial charge >= 0.3 is 0 Å². The lowest BCUT2D eigenvalue weighted by molar-refractivity contribution is 0.618. The van der Waals surface area contributed by atoms with Crippen LogP contribution in [0.25, 0.3) is 22.6 Å². The highest BCUT2D eigenvalue weighted by Crippen LogP contribution is 2.29. The number of hydrogen-bond donors (Lipinski definition) is 1. The fraction of sp³-hybridized carbons (Fsp3) is 0.250. The van der Waals surface area contributed by atoms with Crippen molar-refractivity contribution in [3.8, 4) is 0 Å². The molecule has 0 bridgehead atoms. The largest absolute Gasteiger partial charge is 0.445 e. The number of nitrogens with one attached hydrogen (secondary N) is 1. The smallest absolute Gasteiger partial charge is 0.194 e. The van der Waals surface area contributed by atoms with E-state index in [0.717, 1.165) is 40.3 Å². The number of hydrogen-bond acceptors (Lipinski definition) is 4. The highest BCUT2D eigenvalue weighted by atomic mass is 35.5. The lowest BCUT2D eigenvalue weighted by atomic mass is 10.00. The first-order valence-corrected chi connectivity index (χ1v) is 9.69. The van der Waals surface area contributed by atoms with Crippen molar-refractivity contribution in [3.63, 3.8) is 0 Å². The quantitative estimate of drug-likeness (QED) is 0.423.